The Kier molecular flexibility index (Phi) is 4.81. The summed E-state index contributed by atoms with van der Waals surface area (Å²) < 4.78 is 5.51. The molecule has 1 saturated heterocycles. The summed E-state index contributed by atoms with van der Waals surface area (Å²) in [7, 11) is 0. The first-order valence-electron chi connectivity index (χ1n) is 6.72. The van der Waals surface area contributed by atoms with Gasteiger partial charge in [-0.1, -0.05) is 0 Å². The molecule has 20 heavy (non-hydrogen) atoms. The number of aliphatic hydroxyl groups excluding tert-OH is 1. The highest BCUT2D eigenvalue weighted by Crippen LogP contribution is 2.27. The van der Waals surface area contributed by atoms with Crippen LogP contribution < -0.4 is 10.6 Å². The van der Waals surface area contributed by atoms with Gasteiger partial charge >= 0.3 is 5.97 Å². The highest BCUT2D eigenvalue weighted by Gasteiger charge is 2.21. The lowest BCUT2D eigenvalue weighted by Gasteiger charge is -2.34. The molecular formula is C14H20N2O4. The lowest BCUT2D eigenvalue weighted by atomic mass is 10.1. The summed E-state index contributed by atoms with van der Waals surface area (Å²) in [5.41, 5.74) is 7.49. The average molecular weight is 280 g/mol. The Balaban J connectivity index is 1.98. The molecule has 0 atom stereocenters. The summed E-state index contributed by atoms with van der Waals surface area (Å²) in [5, 5.41) is 17.7. The van der Waals surface area contributed by atoms with E-state index in [-0.39, 0.29) is 18.3 Å². The number of piperidine rings is 1. The Morgan fingerprint density at radius 1 is 1.40 bits per heavy atom. The lowest BCUT2D eigenvalue weighted by molar-refractivity contribution is 0.0159. The molecule has 1 fully saturated rings. The summed E-state index contributed by atoms with van der Waals surface area (Å²) in [6.45, 7) is 2.04. The van der Waals surface area contributed by atoms with Crippen molar-refractivity contribution in [2.75, 3.05) is 36.9 Å². The number of aliphatic hydroxyl groups is 1. The van der Waals surface area contributed by atoms with Gasteiger partial charge in [0.2, 0.25) is 0 Å². The SMILES string of the molecule is Nc1cc(C(=O)O)ccc1N1CCC(OCCO)CC1. The molecule has 0 spiro atoms. The first-order valence-corrected chi connectivity index (χ1v) is 6.72. The van der Waals surface area contributed by atoms with Gasteiger partial charge in [-0.3, -0.25) is 0 Å². The fourth-order valence-corrected chi connectivity index (χ4v) is 2.46. The third-order valence-corrected chi connectivity index (χ3v) is 3.50. The summed E-state index contributed by atoms with van der Waals surface area (Å²) >= 11 is 0. The second-order valence-corrected chi connectivity index (χ2v) is 4.86. The van der Waals surface area contributed by atoms with Crippen molar-refractivity contribution < 1.29 is 19.7 Å². The molecule has 1 aliphatic heterocycles. The highest BCUT2D eigenvalue weighted by molar-refractivity contribution is 5.90. The van der Waals surface area contributed by atoms with Gasteiger partial charge in [0.1, 0.15) is 0 Å². The van der Waals surface area contributed by atoms with Gasteiger partial charge in [0, 0.05) is 13.1 Å². The number of aromatic carboxylic acids is 1. The number of hydrogen-bond acceptors (Lipinski definition) is 5. The van der Waals surface area contributed by atoms with E-state index in [0.717, 1.165) is 31.6 Å². The monoisotopic (exact) mass is 280 g/mol. The van der Waals surface area contributed by atoms with Crippen LogP contribution in [0.3, 0.4) is 0 Å². The van der Waals surface area contributed by atoms with E-state index < -0.39 is 5.97 Å². The second kappa shape index (κ2) is 6.58. The minimum absolute atomic E-state index is 0.0454. The first kappa shape index (κ1) is 14.6. The number of carboxylic acids is 1. The maximum absolute atomic E-state index is 10.9. The molecule has 0 aliphatic carbocycles. The van der Waals surface area contributed by atoms with Crippen molar-refractivity contribution in [3.8, 4) is 0 Å². The van der Waals surface area contributed by atoms with Crippen molar-refractivity contribution in [1.82, 2.24) is 0 Å². The summed E-state index contributed by atoms with van der Waals surface area (Å²) in [4.78, 5) is 13.0. The van der Waals surface area contributed by atoms with Gasteiger partial charge in [-0.2, -0.15) is 0 Å². The molecule has 6 nitrogen and oxygen atoms in total. The minimum Gasteiger partial charge on any atom is -0.478 e. The van der Waals surface area contributed by atoms with E-state index in [1.165, 1.54) is 6.07 Å². The van der Waals surface area contributed by atoms with Gasteiger partial charge in [0.05, 0.1) is 36.3 Å². The van der Waals surface area contributed by atoms with Crippen LogP contribution in [0.5, 0.6) is 0 Å². The molecule has 0 aromatic heterocycles. The number of carboxylic acid groups (broad SMARTS) is 1. The molecule has 0 unspecified atom stereocenters. The molecular weight excluding hydrogens is 260 g/mol. The zero-order valence-corrected chi connectivity index (χ0v) is 11.3. The number of rotatable bonds is 5. The molecule has 1 aromatic rings. The van der Waals surface area contributed by atoms with Gasteiger partial charge in [0.15, 0.2) is 0 Å². The molecule has 1 aromatic carbocycles. The molecule has 110 valence electrons. The van der Waals surface area contributed by atoms with Crippen LogP contribution >= 0.6 is 0 Å². The summed E-state index contributed by atoms with van der Waals surface area (Å²) in [6, 6.07) is 4.82. The fraction of sp³-hybridized carbons (Fsp3) is 0.500. The van der Waals surface area contributed by atoms with Crippen LogP contribution in [-0.2, 0) is 4.74 Å². The molecule has 1 heterocycles. The Labute approximate surface area is 117 Å². The molecule has 0 saturated carbocycles. The number of nitrogens with zero attached hydrogens (tertiary/aromatic N) is 1. The maximum atomic E-state index is 10.9. The third-order valence-electron chi connectivity index (χ3n) is 3.50. The van der Waals surface area contributed by atoms with E-state index >= 15 is 0 Å². The predicted octanol–water partition coefficient (Wildman–Crippen LogP) is 0.945. The standard InChI is InChI=1S/C14H20N2O4/c15-12-9-10(14(18)19)1-2-13(12)16-5-3-11(4-6-16)20-8-7-17/h1-2,9,11,17H,3-8,15H2,(H,18,19). The van der Waals surface area contributed by atoms with Crippen LogP contribution in [0.25, 0.3) is 0 Å². The zero-order chi connectivity index (χ0) is 14.5. The number of hydrogen-bond donors (Lipinski definition) is 3. The van der Waals surface area contributed by atoms with E-state index in [2.05, 4.69) is 4.90 Å². The van der Waals surface area contributed by atoms with E-state index in [1.807, 2.05) is 0 Å². The van der Waals surface area contributed by atoms with Gasteiger partial charge in [-0.25, -0.2) is 4.79 Å². The molecule has 0 radical (unpaired) electrons. The molecule has 0 bridgehead atoms. The summed E-state index contributed by atoms with van der Waals surface area (Å²) in [5.74, 6) is -0.973. The van der Waals surface area contributed by atoms with Crippen LogP contribution in [0.2, 0.25) is 0 Å². The molecule has 1 aliphatic rings. The molecule has 4 N–H and O–H groups in total. The smallest absolute Gasteiger partial charge is 0.335 e. The van der Waals surface area contributed by atoms with Crippen LogP contribution in [0.4, 0.5) is 11.4 Å². The Hall–Kier alpha value is -1.79. The highest BCUT2D eigenvalue weighted by atomic mass is 16.5. The molecule has 2 rings (SSSR count). The molecule has 6 heteroatoms. The number of nitrogens with two attached hydrogens (primary N) is 1. The van der Waals surface area contributed by atoms with Crippen molar-refractivity contribution in [1.29, 1.82) is 0 Å². The van der Waals surface area contributed by atoms with E-state index in [0.29, 0.717) is 12.3 Å². The third kappa shape index (κ3) is 3.40. The topological polar surface area (TPSA) is 96.0 Å². The average Bonchev–Trinajstić information content (AvgIpc) is 2.45. The van der Waals surface area contributed by atoms with Crippen molar-refractivity contribution in [3.63, 3.8) is 0 Å². The van der Waals surface area contributed by atoms with Crippen LogP contribution in [-0.4, -0.2) is 48.6 Å². The largest absolute Gasteiger partial charge is 0.478 e. The first-order chi connectivity index (χ1) is 9.61. The number of anilines is 2. The van der Waals surface area contributed by atoms with Gasteiger partial charge < -0.3 is 25.6 Å². The van der Waals surface area contributed by atoms with Crippen LogP contribution in [0.1, 0.15) is 23.2 Å². The predicted molar refractivity (Wildman–Crippen MR) is 76.1 cm³/mol. The quantitative estimate of drug-likeness (QED) is 0.695. The Morgan fingerprint density at radius 2 is 2.10 bits per heavy atom. The van der Waals surface area contributed by atoms with E-state index in [4.69, 9.17) is 20.7 Å². The number of ether oxygens (including phenoxy) is 1. The lowest BCUT2D eigenvalue weighted by Crippen LogP contribution is -2.37. The Bertz CT molecular complexity index is 470. The van der Waals surface area contributed by atoms with E-state index in [9.17, 15) is 4.79 Å². The van der Waals surface area contributed by atoms with Gasteiger partial charge in [0.25, 0.3) is 0 Å². The van der Waals surface area contributed by atoms with Crippen molar-refractivity contribution >= 4 is 17.3 Å². The fourth-order valence-electron chi connectivity index (χ4n) is 2.46. The van der Waals surface area contributed by atoms with Crippen LogP contribution in [0, 0.1) is 0 Å². The van der Waals surface area contributed by atoms with Gasteiger partial charge in [-0.05, 0) is 31.0 Å². The number of nitrogen functional groups attached to an aromatic ring is 1. The second-order valence-electron chi connectivity index (χ2n) is 4.86. The number of carbonyl (C=O) groups is 1. The van der Waals surface area contributed by atoms with Crippen molar-refractivity contribution in [3.05, 3.63) is 23.8 Å². The minimum atomic E-state index is -0.973. The van der Waals surface area contributed by atoms with Gasteiger partial charge in [-0.15, -0.1) is 0 Å². The summed E-state index contributed by atoms with van der Waals surface area (Å²) in [6.07, 6.45) is 1.93. The normalized spacial score (nSPS) is 16.4. The molecule has 0 amide bonds. The van der Waals surface area contributed by atoms with Crippen molar-refractivity contribution in [2.45, 2.75) is 18.9 Å². The van der Waals surface area contributed by atoms with Crippen LogP contribution in [0.15, 0.2) is 18.2 Å². The van der Waals surface area contributed by atoms with E-state index in [1.54, 1.807) is 12.1 Å². The zero-order valence-electron chi connectivity index (χ0n) is 11.3. The Morgan fingerprint density at radius 3 is 2.65 bits per heavy atom. The number of benzene rings is 1. The maximum Gasteiger partial charge on any atom is 0.335 e. The van der Waals surface area contributed by atoms with Crippen molar-refractivity contribution in [2.24, 2.45) is 0 Å².